The van der Waals surface area contributed by atoms with E-state index in [2.05, 4.69) is 10.3 Å². The summed E-state index contributed by atoms with van der Waals surface area (Å²) in [7, 11) is 0. The number of nitrogens with two attached hydrogens (primary N) is 1. The van der Waals surface area contributed by atoms with E-state index in [9.17, 15) is 14.9 Å². The number of carbonyl (C=O) groups is 1. The Morgan fingerprint density at radius 2 is 2.19 bits per heavy atom. The van der Waals surface area contributed by atoms with Gasteiger partial charge in [-0.3, -0.25) is 19.9 Å². The van der Waals surface area contributed by atoms with Crippen LogP contribution in [0.2, 0.25) is 0 Å². The predicted molar refractivity (Wildman–Crippen MR) is 77.6 cm³/mol. The number of nitrogen functional groups attached to an aromatic ring is 1. The first-order valence-corrected chi connectivity index (χ1v) is 6.23. The van der Waals surface area contributed by atoms with E-state index >= 15 is 0 Å². The molecule has 0 bridgehead atoms. The van der Waals surface area contributed by atoms with Crippen LogP contribution in [-0.4, -0.2) is 15.8 Å². The molecule has 0 aliphatic rings. The van der Waals surface area contributed by atoms with Crippen molar-refractivity contribution in [2.45, 2.75) is 13.0 Å². The summed E-state index contributed by atoms with van der Waals surface area (Å²) in [6.45, 7) is 1.77. The minimum atomic E-state index is -0.608. The highest BCUT2D eigenvalue weighted by atomic mass is 16.6. The molecule has 0 fully saturated rings. The Morgan fingerprint density at radius 3 is 2.81 bits per heavy atom. The van der Waals surface area contributed by atoms with E-state index in [1.54, 1.807) is 25.4 Å². The van der Waals surface area contributed by atoms with Crippen LogP contribution < -0.4 is 11.1 Å². The Kier molecular flexibility index (Phi) is 4.13. The lowest BCUT2D eigenvalue weighted by atomic mass is 10.1. The van der Waals surface area contributed by atoms with Crippen LogP contribution in [0.15, 0.2) is 42.7 Å². The third-order valence-electron chi connectivity index (χ3n) is 2.99. The highest BCUT2D eigenvalue weighted by molar-refractivity contribution is 5.99. The van der Waals surface area contributed by atoms with Crippen molar-refractivity contribution < 1.29 is 9.72 Å². The molecular weight excluding hydrogens is 272 g/mol. The largest absolute Gasteiger partial charge is 0.399 e. The fourth-order valence-electron chi connectivity index (χ4n) is 1.88. The maximum Gasteiger partial charge on any atom is 0.282 e. The number of nitro benzene ring substituents is 1. The average Bonchev–Trinajstić information content (AvgIpc) is 2.47. The molecule has 0 spiro atoms. The lowest BCUT2D eigenvalue weighted by molar-refractivity contribution is -0.385. The van der Waals surface area contributed by atoms with Gasteiger partial charge >= 0.3 is 0 Å². The van der Waals surface area contributed by atoms with E-state index in [1.165, 1.54) is 18.2 Å². The average molecular weight is 286 g/mol. The second-order valence-corrected chi connectivity index (χ2v) is 4.52. The van der Waals surface area contributed by atoms with Crippen molar-refractivity contribution in [3.05, 3.63) is 64.0 Å². The normalized spacial score (nSPS) is 11.7. The molecule has 0 radical (unpaired) electrons. The van der Waals surface area contributed by atoms with Gasteiger partial charge in [-0.2, -0.15) is 0 Å². The van der Waals surface area contributed by atoms with Crippen LogP contribution in [-0.2, 0) is 0 Å². The zero-order valence-electron chi connectivity index (χ0n) is 11.3. The molecule has 0 aliphatic carbocycles. The van der Waals surface area contributed by atoms with Gasteiger partial charge in [0.1, 0.15) is 5.56 Å². The molecule has 0 aliphatic heterocycles. The summed E-state index contributed by atoms with van der Waals surface area (Å²) in [5.41, 5.74) is 6.35. The highest BCUT2D eigenvalue weighted by Gasteiger charge is 2.21. The molecule has 3 N–H and O–H groups in total. The molecule has 1 atom stereocenters. The molecule has 2 rings (SSSR count). The van der Waals surface area contributed by atoms with Crippen molar-refractivity contribution in [1.29, 1.82) is 0 Å². The molecule has 2 aromatic rings. The van der Waals surface area contributed by atoms with Gasteiger partial charge in [-0.15, -0.1) is 0 Å². The summed E-state index contributed by atoms with van der Waals surface area (Å²) in [4.78, 5) is 26.5. The minimum Gasteiger partial charge on any atom is -0.399 e. The molecule has 7 nitrogen and oxygen atoms in total. The number of rotatable bonds is 4. The van der Waals surface area contributed by atoms with Gasteiger partial charge in [-0.25, -0.2) is 0 Å². The van der Waals surface area contributed by atoms with Crippen molar-refractivity contribution in [2.24, 2.45) is 0 Å². The molecule has 108 valence electrons. The number of aromatic nitrogens is 1. The number of nitro groups is 1. The van der Waals surface area contributed by atoms with Gasteiger partial charge in [-0.1, -0.05) is 6.07 Å². The van der Waals surface area contributed by atoms with E-state index in [0.29, 0.717) is 5.69 Å². The Hall–Kier alpha value is -2.96. The van der Waals surface area contributed by atoms with Gasteiger partial charge in [0.25, 0.3) is 11.6 Å². The minimum absolute atomic E-state index is 0.0595. The Bertz CT molecular complexity index is 673. The molecule has 1 heterocycles. The molecule has 1 amide bonds. The van der Waals surface area contributed by atoms with Crippen molar-refractivity contribution in [3.8, 4) is 0 Å². The van der Waals surface area contributed by atoms with Crippen molar-refractivity contribution >= 4 is 17.3 Å². The van der Waals surface area contributed by atoms with Crippen LogP contribution in [0.4, 0.5) is 11.4 Å². The van der Waals surface area contributed by atoms with E-state index in [0.717, 1.165) is 5.56 Å². The van der Waals surface area contributed by atoms with Gasteiger partial charge < -0.3 is 11.1 Å². The Morgan fingerprint density at radius 1 is 1.43 bits per heavy atom. The van der Waals surface area contributed by atoms with Gasteiger partial charge in [-0.05, 0) is 30.7 Å². The first-order chi connectivity index (χ1) is 9.99. The van der Waals surface area contributed by atoms with E-state index in [4.69, 9.17) is 5.73 Å². The summed E-state index contributed by atoms with van der Waals surface area (Å²) >= 11 is 0. The number of anilines is 1. The number of nitrogens with zero attached hydrogens (tertiary/aromatic N) is 2. The molecule has 1 aromatic heterocycles. The summed E-state index contributed by atoms with van der Waals surface area (Å²) in [6.07, 6.45) is 3.25. The van der Waals surface area contributed by atoms with Crippen LogP contribution >= 0.6 is 0 Å². The van der Waals surface area contributed by atoms with Crippen LogP contribution in [0.25, 0.3) is 0 Å². The first-order valence-electron chi connectivity index (χ1n) is 6.23. The van der Waals surface area contributed by atoms with E-state index in [-0.39, 0.29) is 17.3 Å². The maximum atomic E-state index is 12.2. The zero-order valence-corrected chi connectivity index (χ0v) is 11.3. The number of carbonyl (C=O) groups excluding carboxylic acids is 1. The Balaban J connectivity index is 2.25. The number of pyridine rings is 1. The highest BCUT2D eigenvalue weighted by Crippen LogP contribution is 2.22. The van der Waals surface area contributed by atoms with Crippen LogP contribution in [0.3, 0.4) is 0 Å². The molecular formula is C14H14N4O3. The first kappa shape index (κ1) is 14.4. The number of benzene rings is 1. The fourth-order valence-corrected chi connectivity index (χ4v) is 1.88. The number of hydrogen-bond acceptors (Lipinski definition) is 5. The molecule has 1 unspecified atom stereocenters. The third kappa shape index (κ3) is 3.33. The van der Waals surface area contributed by atoms with Crippen LogP contribution in [0, 0.1) is 10.1 Å². The monoisotopic (exact) mass is 286 g/mol. The summed E-state index contributed by atoms with van der Waals surface area (Å²) in [6, 6.07) is 7.14. The SMILES string of the molecule is CC(NC(=O)c1cc(N)ccc1[N+](=O)[O-])c1cccnc1. The summed E-state index contributed by atoms with van der Waals surface area (Å²) in [5.74, 6) is -0.551. The second-order valence-electron chi connectivity index (χ2n) is 4.52. The summed E-state index contributed by atoms with van der Waals surface area (Å²) < 4.78 is 0. The van der Waals surface area contributed by atoms with Gasteiger partial charge in [0.05, 0.1) is 11.0 Å². The van der Waals surface area contributed by atoms with Gasteiger partial charge in [0, 0.05) is 24.1 Å². The third-order valence-corrected chi connectivity index (χ3v) is 2.99. The predicted octanol–water partition coefficient (Wildman–Crippen LogP) is 2.06. The number of nitrogens with one attached hydrogen (secondary N) is 1. The summed E-state index contributed by atoms with van der Waals surface area (Å²) in [5, 5.41) is 13.7. The van der Waals surface area contributed by atoms with Crippen LogP contribution in [0.1, 0.15) is 28.9 Å². The number of amides is 1. The maximum absolute atomic E-state index is 12.2. The van der Waals surface area contributed by atoms with Crippen molar-refractivity contribution in [1.82, 2.24) is 10.3 Å². The zero-order chi connectivity index (χ0) is 15.4. The Labute approximate surface area is 121 Å². The molecule has 7 heteroatoms. The van der Waals surface area contributed by atoms with Crippen molar-refractivity contribution in [3.63, 3.8) is 0 Å². The standard InChI is InChI=1S/C14H14N4O3/c1-9(10-3-2-6-16-8-10)17-14(19)12-7-11(15)4-5-13(12)18(20)21/h2-9H,15H2,1H3,(H,17,19). The quantitative estimate of drug-likeness (QED) is 0.507. The second kappa shape index (κ2) is 6.00. The van der Waals surface area contributed by atoms with E-state index < -0.39 is 10.8 Å². The lowest BCUT2D eigenvalue weighted by Crippen LogP contribution is -2.27. The van der Waals surface area contributed by atoms with Gasteiger partial charge in [0.2, 0.25) is 0 Å². The van der Waals surface area contributed by atoms with Crippen molar-refractivity contribution in [2.75, 3.05) is 5.73 Å². The topological polar surface area (TPSA) is 111 Å². The fraction of sp³-hybridized carbons (Fsp3) is 0.143. The van der Waals surface area contributed by atoms with Gasteiger partial charge in [0.15, 0.2) is 0 Å². The number of hydrogen-bond donors (Lipinski definition) is 2. The van der Waals surface area contributed by atoms with Crippen LogP contribution in [0.5, 0.6) is 0 Å². The molecule has 0 saturated carbocycles. The molecule has 1 aromatic carbocycles. The molecule has 0 saturated heterocycles. The smallest absolute Gasteiger partial charge is 0.282 e. The molecule has 21 heavy (non-hydrogen) atoms. The lowest BCUT2D eigenvalue weighted by Gasteiger charge is -2.14. The van der Waals surface area contributed by atoms with E-state index in [1.807, 2.05) is 6.07 Å².